The Labute approximate surface area is 148 Å². The molecule has 0 unspecified atom stereocenters. The van der Waals surface area contributed by atoms with Gasteiger partial charge in [-0.1, -0.05) is 27.7 Å². The molecule has 5 heteroatoms. The summed E-state index contributed by atoms with van der Waals surface area (Å²) in [4.78, 5) is 16.6. The quantitative estimate of drug-likeness (QED) is 0.695. The molecule has 0 bridgehead atoms. The number of carbonyl (C=O) groups is 1. The fraction of sp³-hybridized carbons (Fsp3) is 0.421. The maximum Gasteiger partial charge on any atom is 0.171 e. The predicted octanol–water partition coefficient (Wildman–Crippen LogP) is 5.25. The van der Waals surface area contributed by atoms with Gasteiger partial charge in [0, 0.05) is 12.5 Å². The summed E-state index contributed by atoms with van der Waals surface area (Å²) in [5.41, 5.74) is 2.04. The zero-order valence-corrected chi connectivity index (χ0v) is 16.0. The highest BCUT2D eigenvalue weighted by Crippen LogP contribution is 2.31. The van der Waals surface area contributed by atoms with Crippen molar-refractivity contribution in [1.29, 1.82) is 5.26 Å². The lowest BCUT2D eigenvalue weighted by Gasteiger charge is -2.10. The minimum Gasteiger partial charge on any atom is -0.492 e. The maximum atomic E-state index is 11.5. The molecule has 0 saturated heterocycles. The number of rotatable bonds is 5. The zero-order chi connectivity index (χ0) is 18.3. The molecule has 2 aromatic rings. The van der Waals surface area contributed by atoms with E-state index in [0.29, 0.717) is 28.7 Å². The molecule has 0 aliphatic carbocycles. The average Bonchev–Trinajstić information content (AvgIpc) is 2.96. The summed E-state index contributed by atoms with van der Waals surface area (Å²) in [6, 6.07) is 7.59. The molecule has 0 radical (unpaired) electrons. The number of hydrogen-bond acceptors (Lipinski definition) is 5. The summed E-state index contributed by atoms with van der Waals surface area (Å²) in [5.74, 6) is 0.990. The van der Waals surface area contributed by atoms with Gasteiger partial charge in [0.15, 0.2) is 5.78 Å². The van der Waals surface area contributed by atoms with Crippen molar-refractivity contribution < 1.29 is 9.53 Å². The van der Waals surface area contributed by atoms with Crippen LogP contribution in [0.1, 0.15) is 55.5 Å². The minimum atomic E-state index is 0.0126. The van der Waals surface area contributed by atoms with Crippen molar-refractivity contribution in [3.05, 3.63) is 34.3 Å². The lowest BCUT2D eigenvalue weighted by molar-refractivity contribution is 0.102. The summed E-state index contributed by atoms with van der Waals surface area (Å²) in [6.07, 6.45) is 0. The van der Waals surface area contributed by atoms with Gasteiger partial charge >= 0.3 is 0 Å². The molecule has 0 aliphatic heterocycles. The monoisotopic (exact) mass is 344 g/mol. The second-order valence-electron chi connectivity index (χ2n) is 5.52. The zero-order valence-electron chi connectivity index (χ0n) is 15.1. The molecule has 1 aromatic carbocycles. The number of aromatic nitrogens is 1. The Morgan fingerprint density at radius 2 is 2.04 bits per heavy atom. The van der Waals surface area contributed by atoms with Crippen LogP contribution in [0.25, 0.3) is 10.6 Å². The second kappa shape index (κ2) is 9.19. The third-order valence-electron chi connectivity index (χ3n) is 3.04. The standard InChI is InChI=1S/C17H18N2O2S.C2H6/c1-10(2)9-21-15-6-5-13(7-14(15)8-18)17-19-11(3)16(22-17)12(4)20;1-2/h5-7,10H,9H2,1-4H3;1-2H3. The molecule has 0 fully saturated rings. The first-order valence-corrected chi connectivity index (χ1v) is 8.89. The Balaban J connectivity index is 0.00000139. The number of carbonyl (C=O) groups excluding carboxylic acids is 1. The number of nitrogens with zero attached hydrogens (tertiary/aromatic N) is 2. The number of aryl methyl sites for hydroxylation is 1. The van der Waals surface area contributed by atoms with Crippen LogP contribution in [-0.4, -0.2) is 17.4 Å². The van der Waals surface area contributed by atoms with Gasteiger partial charge in [-0.2, -0.15) is 5.26 Å². The van der Waals surface area contributed by atoms with Crippen molar-refractivity contribution >= 4 is 17.1 Å². The van der Waals surface area contributed by atoms with Crippen molar-refractivity contribution in [3.63, 3.8) is 0 Å². The van der Waals surface area contributed by atoms with Crippen LogP contribution in [0.4, 0.5) is 0 Å². The van der Waals surface area contributed by atoms with Crippen molar-refractivity contribution in [3.8, 4) is 22.4 Å². The fourth-order valence-electron chi connectivity index (χ4n) is 1.98. The maximum absolute atomic E-state index is 11.5. The van der Waals surface area contributed by atoms with Crippen LogP contribution < -0.4 is 4.74 Å². The van der Waals surface area contributed by atoms with Crippen LogP contribution in [0, 0.1) is 24.2 Å². The largest absolute Gasteiger partial charge is 0.492 e. The van der Waals surface area contributed by atoms with Crippen LogP contribution in [0.15, 0.2) is 18.2 Å². The molecular formula is C19H24N2O2S. The molecule has 0 amide bonds. The Hall–Kier alpha value is -2.19. The number of thiazole rings is 1. The Morgan fingerprint density at radius 1 is 1.38 bits per heavy atom. The second-order valence-corrected chi connectivity index (χ2v) is 6.52. The highest BCUT2D eigenvalue weighted by molar-refractivity contribution is 7.17. The molecule has 1 aromatic heterocycles. The van der Waals surface area contributed by atoms with Gasteiger partial charge in [-0.15, -0.1) is 11.3 Å². The normalized spacial score (nSPS) is 9.92. The summed E-state index contributed by atoms with van der Waals surface area (Å²) < 4.78 is 5.65. The van der Waals surface area contributed by atoms with Crippen molar-refractivity contribution in [1.82, 2.24) is 4.98 Å². The molecular weight excluding hydrogens is 320 g/mol. The number of nitriles is 1. The van der Waals surface area contributed by atoms with E-state index >= 15 is 0 Å². The minimum absolute atomic E-state index is 0.0126. The van der Waals surface area contributed by atoms with E-state index in [2.05, 4.69) is 24.9 Å². The molecule has 1 heterocycles. The summed E-state index contributed by atoms with van der Waals surface area (Å²) in [7, 11) is 0. The first-order chi connectivity index (χ1) is 11.4. The molecule has 0 saturated carbocycles. The van der Waals surface area contributed by atoms with E-state index in [9.17, 15) is 10.1 Å². The van der Waals surface area contributed by atoms with Gasteiger partial charge in [0.25, 0.3) is 0 Å². The number of hydrogen-bond donors (Lipinski definition) is 0. The van der Waals surface area contributed by atoms with Gasteiger partial charge in [0.2, 0.25) is 0 Å². The van der Waals surface area contributed by atoms with E-state index in [1.165, 1.54) is 18.3 Å². The molecule has 4 nitrogen and oxygen atoms in total. The smallest absolute Gasteiger partial charge is 0.171 e. The lowest BCUT2D eigenvalue weighted by atomic mass is 10.1. The highest BCUT2D eigenvalue weighted by Gasteiger charge is 2.14. The van der Waals surface area contributed by atoms with Crippen molar-refractivity contribution in [2.24, 2.45) is 5.92 Å². The van der Waals surface area contributed by atoms with Gasteiger partial charge in [-0.3, -0.25) is 4.79 Å². The topological polar surface area (TPSA) is 63.0 Å². The third kappa shape index (κ3) is 4.90. The van der Waals surface area contributed by atoms with Crippen molar-refractivity contribution in [2.45, 2.75) is 41.5 Å². The molecule has 2 rings (SSSR count). The van der Waals surface area contributed by atoms with Gasteiger partial charge in [-0.05, 0) is 31.0 Å². The number of ketones is 1. The molecule has 0 aliphatic rings. The van der Waals surface area contributed by atoms with Gasteiger partial charge in [-0.25, -0.2) is 4.98 Å². The fourth-order valence-corrected chi connectivity index (χ4v) is 2.94. The van der Waals surface area contributed by atoms with Gasteiger partial charge < -0.3 is 4.74 Å². The number of ether oxygens (including phenoxy) is 1. The van der Waals surface area contributed by atoms with E-state index in [0.717, 1.165) is 16.3 Å². The van der Waals surface area contributed by atoms with Gasteiger partial charge in [0.05, 0.1) is 22.7 Å². The SMILES string of the molecule is CC.CC(=O)c1sc(-c2ccc(OCC(C)C)c(C#N)c2)nc1C. The van der Waals surface area contributed by atoms with E-state index in [1.54, 1.807) is 12.1 Å². The third-order valence-corrected chi connectivity index (χ3v) is 4.34. The lowest BCUT2D eigenvalue weighted by Crippen LogP contribution is -2.05. The number of benzene rings is 1. The Bertz CT molecular complexity index is 742. The highest BCUT2D eigenvalue weighted by atomic mass is 32.1. The van der Waals surface area contributed by atoms with Crippen LogP contribution in [0.3, 0.4) is 0 Å². The summed E-state index contributed by atoms with van der Waals surface area (Å²) in [6.45, 7) is 12.0. The van der Waals surface area contributed by atoms with Crippen LogP contribution in [0.2, 0.25) is 0 Å². The summed E-state index contributed by atoms with van der Waals surface area (Å²) in [5, 5.41) is 10.0. The first kappa shape index (κ1) is 19.9. The average molecular weight is 344 g/mol. The van der Waals surface area contributed by atoms with E-state index in [4.69, 9.17) is 4.74 Å². The van der Waals surface area contributed by atoms with Crippen LogP contribution in [-0.2, 0) is 0 Å². The Kier molecular flexibility index (Phi) is 7.60. The van der Waals surface area contributed by atoms with E-state index < -0.39 is 0 Å². The molecule has 24 heavy (non-hydrogen) atoms. The predicted molar refractivity (Wildman–Crippen MR) is 98.7 cm³/mol. The van der Waals surface area contributed by atoms with E-state index in [1.807, 2.05) is 26.8 Å². The van der Waals surface area contributed by atoms with Crippen LogP contribution in [0.5, 0.6) is 5.75 Å². The molecule has 0 N–H and O–H groups in total. The van der Waals surface area contributed by atoms with Crippen LogP contribution >= 0.6 is 11.3 Å². The van der Waals surface area contributed by atoms with Crippen molar-refractivity contribution in [2.75, 3.05) is 6.61 Å². The Morgan fingerprint density at radius 3 is 2.54 bits per heavy atom. The molecule has 128 valence electrons. The molecule has 0 spiro atoms. The summed E-state index contributed by atoms with van der Waals surface area (Å²) >= 11 is 1.35. The number of Topliss-reactive ketones (excluding diaryl/α,β-unsaturated/α-hetero) is 1. The van der Waals surface area contributed by atoms with Gasteiger partial charge in [0.1, 0.15) is 16.8 Å². The first-order valence-electron chi connectivity index (χ1n) is 8.08. The van der Waals surface area contributed by atoms with E-state index in [-0.39, 0.29) is 5.78 Å². The molecule has 0 atom stereocenters.